The van der Waals surface area contributed by atoms with E-state index in [1.54, 1.807) is 30.8 Å². The largest absolute Gasteiger partial charge is 0.437 e. The van der Waals surface area contributed by atoms with Crippen molar-refractivity contribution in [3.05, 3.63) is 37.9 Å². The Morgan fingerprint density at radius 2 is 2.05 bits per heavy atom. The summed E-state index contributed by atoms with van der Waals surface area (Å²) in [6.07, 6.45) is 0. The molecule has 0 unspecified atom stereocenters. The fourth-order valence-electron chi connectivity index (χ4n) is 1.68. The summed E-state index contributed by atoms with van der Waals surface area (Å²) in [5.74, 6) is 0.895. The highest BCUT2D eigenvalue weighted by Crippen LogP contribution is 2.37. The first-order chi connectivity index (χ1) is 8.93. The van der Waals surface area contributed by atoms with Gasteiger partial charge in [0.15, 0.2) is 0 Å². The molecular formula is C12H11BrCl2N2O2. The molecule has 0 aliphatic heterocycles. The highest BCUT2D eigenvalue weighted by molar-refractivity contribution is 9.10. The molecule has 0 aliphatic rings. The van der Waals surface area contributed by atoms with Crippen molar-refractivity contribution in [2.75, 3.05) is 0 Å². The van der Waals surface area contributed by atoms with Gasteiger partial charge in [0.05, 0.1) is 27.9 Å². The van der Waals surface area contributed by atoms with Crippen LogP contribution in [0.2, 0.25) is 10.0 Å². The fourth-order valence-corrected chi connectivity index (χ4v) is 2.42. The molecule has 0 radical (unpaired) electrons. The number of nitrogens with zero attached hydrogens (tertiary/aromatic N) is 2. The lowest BCUT2D eigenvalue weighted by molar-refractivity contribution is 0.274. The van der Waals surface area contributed by atoms with E-state index in [1.807, 2.05) is 0 Å². The zero-order valence-corrected chi connectivity index (χ0v) is 13.3. The van der Waals surface area contributed by atoms with Gasteiger partial charge in [-0.2, -0.15) is 5.10 Å². The molecule has 1 aromatic heterocycles. The number of aliphatic hydroxyl groups is 1. The molecule has 0 saturated carbocycles. The van der Waals surface area contributed by atoms with Crippen LogP contribution in [0.4, 0.5) is 0 Å². The molecule has 1 aromatic carbocycles. The molecule has 4 nitrogen and oxygen atoms in total. The molecule has 0 spiro atoms. The van der Waals surface area contributed by atoms with Gasteiger partial charge >= 0.3 is 0 Å². The molecule has 0 bridgehead atoms. The van der Waals surface area contributed by atoms with Gasteiger partial charge in [-0.25, -0.2) is 4.68 Å². The first kappa shape index (κ1) is 14.7. The van der Waals surface area contributed by atoms with E-state index in [1.165, 1.54) is 0 Å². The van der Waals surface area contributed by atoms with Gasteiger partial charge in [-0.15, -0.1) is 0 Å². The molecule has 0 atom stereocenters. The second-order valence-electron chi connectivity index (χ2n) is 3.95. The van der Waals surface area contributed by atoms with Gasteiger partial charge < -0.3 is 9.84 Å². The minimum absolute atomic E-state index is 0.151. The van der Waals surface area contributed by atoms with E-state index in [0.29, 0.717) is 37.4 Å². The summed E-state index contributed by atoms with van der Waals surface area (Å²) in [6, 6.07) is 3.26. The van der Waals surface area contributed by atoms with Gasteiger partial charge in [0.2, 0.25) is 5.88 Å². The molecule has 19 heavy (non-hydrogen) atoms. The second kappa shape index (κ2) is 5.71. The van der Waals surface area contributed by atoms with Crippen molar-refractivity contribution in [1.29, 1.82) is 0 Å². The fraction of sp³-hybridized carbons (Fsp3) is 0.250. The van der Waals surface area contributed by atoms with E-state index in [0.717, 1.165) is 0 Å². The summed E-state index contributed by atoms with van der Waals surface area (Å²) in [5.41, 5.74) is 1.34. The molecule has 0 amide bonds. The summed E-state index contributed by atoms with van der Waals surface area (Å²) in [6.45, 7) is 1.65. The minimum Gasteiger partial charge on any atom is -0.437 e. The van der Waals surface area contributed by atoms with Crippen molar-refractivity contribution >= 4 is 39.1 Å². The monoisotopic (exact) mass is 364 g/mol. The Bertz CT molecular complexity index is 629. The lowest BCUT2D eigenvalue weighted by Crippen LogP contribution is -1.97. The number of halogens is 3. The predicted octanol–water partition coefficient (Wildman–Crippen LogP) is 4.08. The minimum atomic E-state index is -0.151. The summed E-state index contributed by atoms with van der Waals surface area (Å²) >= 11 is 15.3. The highest BCUT2D eigenvalue weighted by Gasteiger charge is 2.16. The summed E-state index contributed by atoms with van der Waals surface area (Å²) < 4.78 is 7.97. The molecule has 2 rings (SSSR count). The molecule has 0 fully saturated rings. The average Bonchev–Trinajstić information content (AvgIpc) is 2.60. The Kier molecular flexibility index (Phi) is 4.40. The summed E-state index contributed by atoms with van der Waals surface area (Å²) in [4.78, 5) is 0. The lowest BCUT2D eigenvalue weighted by atomic mass is 10.2. The molecule has 0 saturated heterocycles. The van der Waals surface area contributed by atoms with E-state index >= 15 is 0 Å². The van der Waals surface area contributed by atoms with Gasteiger partial charge in [-0.3, -0.25) is 0 Å². The number of rotatable bonds is 3. The summed E-state index contributed by atoms with van der Waals surface area (Å²) in [7, 11) is 1.74. The average molecular weight is 366 g/mol. The standard InChI is InChI=1S/C12H11BrCl2N2O2/c1-6-7(5-18)12(17(2)16-6)19-11-3-8(13)9(14)4-10(11)15/h3-4,18H,5H2,1-2H3. The molecule has 7 heteroatoms. The Balaban J connectivity index is 2.44. The maximum atomic E-state index is 9.36. The van der Waals surface area contributed by atoms with E-state index in [9.17, 15) is 5.11 Å². The molecule has 1 heterocycles. The topological polar surface area (TPSA) is 47.3 Å². The van der Waals surface area contributed by atoms with Crippen molar-refractivity contribution in [1.82, 2.24) is 9.78 Å². The number of hydrogen-bond donors (Lipinski definition) is 1. The number of aliphatic hydroxyl groups excluding tert-OH is 1. The van der Waals surface area contributed by atoms with Crippen LogP contribution in [-0.4, -0.2) is 14.9 Å². The Hall–Kier alpha value is -0.750. The van der Waals surface area contributed by atoms with Crippen LogP contribution in [0, 0.1) is 6.92 Å². The number of aromatic nitrogens is 2. The smallest absolute Gasteiger partial charge is 0.223 e. The quantitative estimate of drug-likeness (QED) is 0.833. The van der Waals surface area contributed by atoms with Crippen molar-refractivity contribution < 1.29 is 9.84 Å². The third-order valence-electron chi connectivity index (χ3n) is 2.63. The van der Waals surface area contributed by atoms with Crippen LogP contribution >= 0.6 is 39.1 Å². The zero-order valence-electron chi connectivity index (χ0n) is 10.2. The highest BCUT2D eigenvalue weighted by atomic mass is 79.9. The van der Waals surface area contributed by atoms with Crippen LogP contribution in [0.1, 0.15) is 11.3 Å². The Labute approximate surface area is 129 Å². The van der Waals surface area contributed by atoms with E-state index in [-0.39, 0.29) is 6.61 Å². The van der Waals surface area contributed by atoms with Crippen molar-refractivity contribution in [3.63, 3.8) is 0 Å². The van der Waals surface area contributed by atoms with Gasteiger partial charge in [0.1, 0.15) is 5.75 Å². The van der Waals surface area contributed by atoms with Gasteiger partial charge in [-0.1, -0.05) is 23.2 Å². The summed E-state index contributed by atoms with van der Waals surface area (Å²) in [5, 5.41) is 14.4. The number of ether oxygens (including phenoxy) is 1. The molecule has 2 aromatic rings. The first-order valence-electron chi connectivity index (χ1n) is 5.39. The third kappa shape index (κ3) is 2.89. The van der Waals surface area contributed by atoms with Gasteiger partial charge in [0, 0.05) is 11.5 Å². The SMILES string of the molecule is Cc1nn(C)c(Oc2cc(Br)c(Cl)cc2Cl)c1CO. The van der Waals surface area contributed by atoms with Crippen LogP contribution in [0.3, 0.4) is 0 Å². The van der Waals surface area contributed by atoms with Gasteiger partial charge in [0.25, 0.3) is 0 Å². The van der Waals surface area contributed by atoms with Crippen LogP contribution in [-0.2, 0) is 13.7 Å². The zero-order chi connectivity index (χ0) is 14.2. The Morgan fingerprint density at radius 3 is 2.68 bits per heavy atom. The predicted molar refractivity (Wildman–Crippen MR) is 78.1 cm³/mol. The van der Waals surface area contributed by atoms with Crippen molar-refractivity contribution in [3.8, 4) is 11.6 Å². The van der Waals surface area contributed by atoms with Crippen molar-refractivity contribution in [2.45, 2.75) is 13.5 Å². The van der Waals surface area contributed by atoms with Crippen LogP contribution in [0.25, 0.3) is 0 Å². The maximum Gasteiger partial charge on any atom is 0.223 e. The lowest BCUT2D eigenvalue weighted by Gasteiger charge is -2.10. The molecule has 0 aliphatic carbocycles. The van der Waals surface area contributed by atoms with Crippen molar-refractivity contribution in [2.24, 2.45) is 7.05 Å². The third-order valence-corrected chi connectivity index (χ3v) is 4.12. The number of hydrogen-bond acceptors (Lipinski definition) is 3. The molecule has 102 valence electrons. The first-order valence-corrected chi connectivity index (χ1v) is 6.94. The Morgan fingerprint density at radius 1 is 1.37 bits per heavy atom. The van der Waals surface area contributed by atoms with Crippen LogP contribution in [0.15, 0.2) is 16.6 Å². The second-order valence-corrected chi connectivity index (χ2v) is 5.62. The van der Waals surface area contributed by atoms with E-state index < -0.39 is 0 Å². The van der Waals surface area contributed by atoms with Crippen LogP contribution < -0.4 is 4.74 Å². The molecule has 1 N–H and O–H groups in total. The number of aryl methyl sites for hydroxylation is 2. The maximum absolute atomic E-state index is 9.36. The molecular weight excluding hydrogens is 355 g/mol. The van der Waals surface area contributed by atoms with E-state index in [2.05, 4.69) is 21.0 Å². The van der Waals surface area contributed by atoms with E-state index in [4.69, 9.17) is 27.9 Å². The van der Waals surface area contributed by atoms with Crippen LogP contribution in [0.5, 0.6) is 11.6 Å². The van der Waals surface area contributed by atoms with Gasteiger partial charge in [-0.05, 0) is 35.0 Å². The normalized spacial score (nSPS) is 10.8. The number of benzene rings is 1.